The highest BCUT2D eigenvalue weighted by molar-refractivity contribution is 5.81. The first-order valence-electron chi connectivity index (χ1n) is 8.75. The summed E-state index contributed by atoms with van der Waals surface area (Å²) in [5, 5.41) is 8.03. The molecule has 0 saturated carbocycles. The van der Waals surface area contributed by atoms with Crippen LogP contribution >= 0.6 is 0 Å². The summed E-state index contributed by atoms with van der Waals surface area (Å²) in [7, 11) is 0. The third kappa shape index (κ3) is 3.00. The van der Waals surface area contributed by atoms with Gasteiger partial charge in [-0.1, -0.05) is 5.10 Å². The summed E-state index contributed by atoms with van der Waals surface area (Å²) in [4.78, 5) is 16.7. The number of carbonyl (C=O) groups is 1. The first-order chi connectivity index (χ1) is 11.7. The van der Waals surface area contributed by atoms with Crippen molar-refractivity contribution in [1.82, 2.24) is 15.1 Å². The minimum Gasteiger partial charge on any atom is -0.408 e. The normalized spacial score (nSPS) is 31.0. The molecule has 2 atom stereocenters. The van der Waals surface area contributed by atoms with Crippen LogP contribution in [0.2, 0.25) is 0 Å². The molecule has 4 rings (SSSR count). The fourth-order valence-electron chi connectivity index (χ4n) is 3.93. The van der Waals surface area contributed by atoms with E-state index in [-0.39, 0.29) is 17.6 Å². The predicted octanol–water partition coefficient (Wildman–Crippen LogP) is 0.755. The molecule has 1 aromatic heterocycles. The summed E-state index contributed by atoms with van der Waals surface area (Å²) < 4.78 is 17.3. The zero-order valence-corrected chi connectivity index (χ0v) is 14.1. The third-order valence-electron chi connectivity index (χ3n) is 5.09. The summed E-state index contributed by atoms with van der Waals surface area (Å²) in [5.74, 6) is 0.672. The highest BCUT2D eigenvalue weighted by Gasteiger charge is 2.44. The lowest BCUT2D eigenvalue weighted by Crippen LogP contribution is -2.61. The molecule has 1 amide bonds. The van der Waals surface area contributed by atoms with Gasteiger partial charge in [0.15, 0.2) is 0 Å². The number of hydrogen-bond acceptors (Lipinski definition) is 7. The molecule has 1 spiro atoms. The number of amides is 1. The number of rotatable bonds is 2. The van der Waals surface area contributed by atoms with E-state index >= 15 is 0 Å². The van der Waals surface area contributed by atoms with Gasteiger partial charge in [0.25, 0.3) is 5.91 Å². The van der Waals surface area contributed by atoms with Crippen LogP contribution in [0.25, 0.3) is 0 Å². The first kappa shape index (κ1) is 15.8. The predicted molar refractivity (Wildman–Crippen MR) is 84.7 cm³/mol. The van der Waals surface area contributed by atoms with Gasteiger partial charge in [0.05, 0.1) is 19.7 Å². The molecule has 3 aliphatic rings. The van der Waals surface area contributed by atoms with E-state index in [4.69, 9.17) is 13.9 Å². The van der Waals surface area contributed by atoms with E-state index < -0.39 is 0 Å². The maximum Gasteiger partial charge on any atom is 0.318 e. The van der Waals surface area contributed by atoms with Crippen molar-refractivity contribution in [3.8, 4) is 0 Å². The second-order valence-corrected chi connectivity index (χ2v) is 6.92. The van der Waals surface area contributed by atoms with Crippen LogP contribution in [0.5, 0.6) is 0 Å². The molecule has 1 aromatic rings. The quantitative estimate of drug-likeness (QED) is 0.788. The number of ether oxygens (including phenoxy) is 2. The van der Waals surface area contributed by atoms with Gasteiger partial charge in [-0.15, -0.1) is 5.10 Å². The molecule has 0 radical (unpaired) electrons. The Labute approximate surface area is 141 Å². The Morgan fingerprint density at radius 1 is 1.21 bits per heavy atom. The molecular formula is C16H24N4O4. The molecule has 24 heavy (non-hydrogen) atoms. The second-order valence-electron chi connectivity index (χ2n) is 6.92. The monoisotopic (exact) mass is 336 g/mol. The zero-order valence-electron chi connectivity index (χ0n) is 14.1. The Morgan fingerprint density at radius 3 is 2.88 bits per heavy atom. The van der Waals surface area contributed by atoms with Crippen LogP contribution in [0.3, 0.4) is 0 Å². The average Bonchev–Trinajstić information content (AvgIpc) is 3.26. The molecule has 8 heteroatoms. The first-order valence-corrected chi connectivity index (χ1v) is 8.75. The lowest BCUT2D eigenvalue weighted by molar-refractivity contribution is -0.160. The molecule has 0 N–H and O–H groups in total. The lowest BCUT2D eigenvalue weighted by atomic mass is 9.90. The van der Waals surface area contributed by atoms with Crippen LogP contribution in [-0.2, 0) is 14.3 Å². The summed E-state index contributed by atoms with van der Waals surface area (Å²) in [6.07, 6.45) is 3.45. The van der Waals surface area contributed by atoms with Crippen molar-refractivity contribution >= 4 is 11.9 Å². The molecular weight excluding hydrogens is 312 g/mol. The molecule has 4 heterocycles. The summed E-state index contributed by atoms with van der Waals surface area (Å²) in [6.45, 7) is 5.83. The van der Waals surface area contributed by atoms with Gasteiger partial charge in [-0.2, -0.15) is 0 Å². The van der Waals surface area contributed by atoms with Gasteiger partial charge in [-0.3, -0.25) is 4.79 Å². The fourth-order valence-corrected chi connectivity index (χ4v) is 3.93. The molecule has 3 saturated heterocycles. The molecule has 0 bridgehead atoms. The van der Waals surface area contributed by atoms with Crippen LogP contribution < -0.4 is 4.90 Å². The van der Waals surface area contributed by atoms with Crippen molar-refractivity contribution < 1.29 is 18.7 Å². The maximum absolute atomic E-state index is 12.7. The van der Waals surface area contributed by atoms with Crippen LogP contribution in [0.4, 0.5) is 6.01 Å². The smallest absolute Gasteiger partial charge is 0.318 e. The van der Waals surface area contributed by atoms with Gasteiger partial charge in [-0.25, -0.2) is 0 Å². The van der Waals surface area contributed by atoms with Gasteiger partial charge in [-0.05, 0) is 25.7 Å². The third-order valence-corrected chi connectivity index (χ3v) is 5.09. The number of morpholine rings is 1. The molecule has 0 aromatic carbocycles. The number of aryl methyl sites for hydroxylation is 1. The molecule has 3 aliphatic heterocycles. The summed E-state index contributed by atoms with van der Waals surface area (Å²) in [5.41, 5.74) is -0.354. The SMILES string of the molecule is Cc1nnc(N2CCCC3(CN(C(=O)[C@@H]4CCCO4)CCO3)C2)o1. The molecule has 8 nitrogen and oxygen atoms in total. The number of carbonyl (C=O) groups excluding carboxylic acids is 1. The standard InChI is InChI=1S/C16H24N4O4/c1-12-17-18-15(24-12)20-6-3-5-16(11-20)10-19(7-9-23-16)14(21)13-4-2-8-22-13/h13H,2-11H2,1H3/t13-,16?/m0/s1. The van der Waals surface area contributed by atoms with Crippen LogP contribution in [0, 0.1) is 6.92 Å². The lowest BCUT2D eigenvalue weighted by Gasteiger charge is -2.47. The minimum absolute atomic E-state index is 0.112. The number of aromatic nitrogens is 2. The Morgan fingerprint density at radius 2 is 2.12 bits per heavy atom. The molecule has 0 aliphatic carbocycles. The maximum atomic E-state index is 12.7. The van der Waals surface area contributed by atoms with Gasteiger partial charge in [0.2, 0.25) is 5.89 Å². The summed E-state index contributed by atoms with van der Waals surface area (Å²) >= 11 is 0. The number of piperidine rings is 1. The van der Waals surface area contributed by atoms with Gasteiger partial charge >= 0.3 is 6.01 Å². The van der Waals surface area contributed by atoms with Crippen LogP contribution in [-0.4, -0.2) is 72.1 Å². The Bertz CT molecular complexity index is 597. The molecule has 1 unspecified atom stereocenters. The second kappa shape index (κ2) is 6.33. The van der Waals surface area contributed by atoms with Crippen LogP contribution in [0.15, 0.2) is 4.42 Å². The van der Waals surface area contributed by atoms with Crippen LogP contribution in [0.1, 0.15) is 31.6 Å². The molecule has 132 valence electrons. The van der Waals surface area contributed by atoms with E-state index in [1.807, 2.05) is 4.90 Å². The van der Waals surface area contributed by atoms with E-state index in [1.165, 1.54) is 0 Å². The van der Waals surface area contributed by atoms with E-state index in [2.05, 4.69) is 15.1 Å². The van der Waals surface area contributed by atoms with Crippen molar-refractivity contribution in [2.75, 3.05) is 44.3 Å². The Hall–Kier alpha value is -1.67. The number of anilines is 1. The fraction of sp³-hybridized carbons (Fsp3) is 0.812. The topological polar surface area (TPSA) is 80.9 Å². The number of hydrogen-bond donors (Lipinski definition) is 0. The van der Waals surface area contributed by atoms with Gasteiger partial charge < -0.3 is 23.7 Å². The number of nitrogens with zero attached hydrogens (tertiary/aromatic N) is 4. The molecule has 3 fully saturated rings. The average molecular weight is 336 g/mol. The Kier molecular flexibility index (Phi) is 4.17. The highest BCUT2D eigenvalue weighted by Crippen LogP contribution is 2.32. The van der Waals surface area contributed by atoms with Crippen molar-refractivity contribution in [3.05, 3.63) is 5.89 Å². The zero-order chi connectivity index (χ0) is 16.6. The van der Waals surface area contributed by atoms with Crippen molar-refractivity contribution in [2.45, 2.75) is 44.3 Å². The van der Waals surface area contributed by atoms with E-state index in [9.17, 15) is 4.79 Å². The van der Waals surface area contributed by atoms with Gasteiger partial charge in [0.1, 0.15) is 11.7 Å². The van der Waals surface area contributed by atoms with Crippen molar-refractivity contribution in [3.63, 3.8) is 0 Å². The van der Waals surface area contributed by atoms with E-state index in [0.717, 1.165) is 32.2 Å². The van der Waals surface area contributed by atoms with Crippen molar-refractivity contribution in [2.24, 2.45) is 0 Å². The highest BCUT2D eigenvalue weighted by atomic mass is 16.5. The van der Waals surface area contributed by atoms with Gasteiger partial charge in [0, 0.05) is 26.6 Å². The summed E-state index contributed by atoms with van der Waals surface area (Å²) in [6, 6.07) is 0.540. The minimum atomic E-state index is -0.354. The van der Waals surface area contributed by atoms with E-state index in [1.54, 1.807) is 6.92 Å². The Balaban J connectivity index is 1.46. The van der Waals surface area contributed by atoms with Crippen molar-refractivity contribution in [1.29, 1.82) is 0 Å². The largest absolute Gasteiger partial charge is 0.408 e. The van der Waals surface area contributed by atoms with E-state index in [0.29, 0.717) is 44.8 Å².